The van der Waals surface area contributed by atoms with Crippen LogP contribution in [0, 0.1) is 10.1 Å². The Bertz CT molecular complexity index is 1000. The number of hydrogen-bond acceptors (Lipinski definition) is 5. The summed E-state index contributed by atoms with van der Waals surface area (Å²) in [4.78, 5) is 24.7. The van der Waals surface area contributed by atoms with E-state index in [1.54, 1.807) is 0 Å². The molecule has 0 radical (unpaired) electrons. The molecule has 1 heterocycles. The topological polar surface area (TPSA) is 87.8 Å². The Kier molecular flexibility index (Phi) is 5.61. The predicted molar refractivity (Wildman–Crippen MR) is 115 cm³/mol. The lowest BCUT2D eigenvalue weighted by atomic mass is 9.80. The molecule has 2 aromatic rings. The number of hydrazone groups is 1. The molecule has 1 aliphatic rings. The summed E-state index contributed by atoms with van der Waals surface area (Å²) in [6.45, 7) is 6.60. The summed E-state index contributed by atoms with van der Waals surface area (Å²) in [5.74, 6) is -0.172. The minimum absolute atomic E-state index is 0.0393. The van der Waals surface area contributed by atoms with Gasteiger partial charge in [-0.15, -0.1) is 0 Å². The SMILES string of the molecule is C[C@H]1CC(C)(C)N(C)c2cc(Cl)c(/C=N\NC(=O)c3cccc([N+](=O)[O-])c3)cc21. The number of carbonyl (C=O) groups excluding carboxylic acids is 1. The molecule has 0 fully saturated rings. The van der Waals surface area contributed by atoms with Crippen molar-refractivity contribution in [3.8, 4) is 0 Å². The number of nitro groups is 1. The van der Waals surface area contributed by atoms with Gasteiger partial charge < -0.3 is 4.90 Å². The van der Waals surface area contributed by atoms with Crippen molar-refractivity contribution < 1.29 is 9.72 Å². The zero-order valence-corrected chi connectivity index (χ0v) is 17.5. The van der Waals surface area contributed by atoms with Gasteiger partial charge in [0.05, 0.1) is 16.2 Å². The molecule has 7 nitrogen and oxygen atoms in total. The Hall–Kier alpha value is -2.93. The van der Waals surface area contributed by atoms with Gasteiger partial charge in [-0.2, -0.15) is 5.10 Å². The van der Waals surface area contributed by atoms with Gasteiger partial charge in [0.1, 0.15) is 0 Å². The summed E-state index contributed by atoms with van der Waals surface area (Å²) >= 11 is 6.45. The molecule has 0 spiro atoms. The number of non-ortho nitro benzene ring substituents is 1. The van der Waals surface area contributed by atoms with Crippen molar-refractivity contribution in [1.82, 2.24) is 5.43 Å². The predicted octanol–water partition coefficient (Wildman–Crippen LogP) is 4.73. The first-order valence-corrected chi connectivity index (χ1v) is 9.63. The largest absolute Gasteiger partial charge is 0.369 e. The molecule has 0 aromatic heterocycles. The van der Waals surface area contributed by atoms with Crippen molar-refractivity contribution >= 4 is 35.1 Å². The average Bonchev–Trinajstić information content (AvgIpc) is 2.66. The van der Waals surface area contributed by atoms with E-state index in [0.717, 1.165) is 12.1 Å². The maximum atomic E-state index is 12.2. The summed E-state index contributed by atoms with van der Waals surface area (Å²) in [6.07, 6.45) is 2.50. The van der Waals surface area contributed by atoms with Crippen molar-refractivity contribution in [3.05, 3.63) is 68.2 Å². The van der Waals surface area contributed by atoms with Crippen LogP contribution in [-0.2, 0) is 0 Å². The van der Waals surface area contributed by atoms with Crippen LogP contribution in [-0.4, -0.2) is 29.6 Å². The minimum atomic E-state index is -0.549. The molecule has 1 N–H and O–H groups in total. The van der Waals surface area contributed by atoms with Crippen molar-refractivity contribution in [2.24, 2.45) is 5.10 Å². The second-order valence-corrected chi connectivity index (χ2v) is 8.32. The molecule has 0 saturated heterocycles. The number of nitrogens with one attached hydrogen (secondary N) is 1. The lowest BCUT2D eigenvalue weighted by Crippen LogP contribution is -2.45. The molecular formula is C21H23ClN4O3. The van der Waals surface area contributed by atoms with Gasteiger partial charge in [-0.05, 0) is 49.9 Å². The number of hydrogen-bond donors (Lipinski definition) is 1. The third-order valence-corrected chi connectivity index (χ3v) is 5.77. The lowest BCUT2D eigenvalue weighted by molar-refractivity contribution is -0.384. The van der Waals surface area contributed by atoms with E-state index in [1.807, 2.05) is 12.1 Å². The van der Waals surface area contributed by atoms with E-state index < -0.39 is 10.8 Å². The molecule has 0 aliphatic carbocycles. The smallest absolute Gasteiger partial charge is 0.271 e. The molecule has 8 heteroatoms. The van der Waals surface area contributed by atoms with Crippen LogP contribution >= 0.6 is 11.6 Å². The molecule has 152 valence electrons. The number of benzene rings is 2. The monoisotopic (exact) mass is 414 g/mol. The molecule has 29 heavy (non-hydrogen) atoms. The lowest BCUT2D eigenvalue weighted by Gasteiger charge is -2.45. The first-order valence-electron chi connectivity index (χ1n) is 9.25. The van der Waals surface area contributed by atoms with Gasteiger partial charge in [-0.25, -0.2) is 5.43 Å². The Labute approximate surface area is 174 Å². The molecule has 2 aromatic carbocycles. The normalized spacial score (nSPS) is 17.8. The maximum absolute atomic E-state index is 12.2. The van der Waals surface area contributed by atoms with Gasteiger partial charge in [0.15, 0.2) is 0 Å². The zero-order valence-electron chi connectivity index (χ0n) is 16.8. The molecule has 1 atom stereocenters. The second kappa shape index (κ2) is 7.83. The highest BCUT2D eigenvalue weighted by molar-refractivity contribution is 6.33. The van der Waals surface area contributed by atoms with Crippen molar-refractivity contribution in [2.75, 3.05) is 11.9 Å². The van der Waals surface area contributed by atoms with Gasteiger partial charge in [-0.1, -0.05) is 24.6 Å². The van der Waals surface area contributed by atoms with E-state index in [2.05, 4.69) is 43.2 Å². The van der Waals surface area contributed by atoms with Crippen LogP contribution in [0.25, 0.3) is 0 Å². The van der Waals surface area contributed by atoms with Crippen LogP contribution < -0.4 is 10.3 Å². The highest BCUT2D eigenvalue weighted by Gasteiger charge is 2.34. The van der Waals surface area contributed by atoms with E-state index in [1.165, 1.54) is 36.0 Å². The number of nitro benzene ring substituents is 1. The number of rotatable bonds is 4. The average molecular weight is 415 g/mol. The van der Waals surface area contributed by atoms with Crippen LogP contribution in [0.15, 0.2) is 41.5 Å². The molecule has 0 bridgehead atoms. The minimum Gasteiger partial charge on any atom is -0.369 e. The van der Waals surface area contributed by atoms with Gasteiger partial charge in [0.25, 0.3) is 11.6 Å². The van der Waals surface area contributed by atoms with Crippen LogP contribution in [0.2, 0.25) is 5.02 Å². The van der Waals surface area contributed by atoms with Crippen molar-refractivity contribution in [3.63, 3.8) is 0 Å². The Morgan fingerprint density at radius 3 is 2.79 bits per heavy atom. The van der Waals surface area contributed by atoms with Crippen LogP contribution in [0.1, 0.15) is 54.6 Å². The molecular weight excluding hydrogens is 392 g/mol. The number of amides is 1. The first kappa shape index (κ1) is 20.8. The second-order valence-electron chi connectivity index (χ2n) is 7.92. The first-order chi connectivity index (χ1) is 13.6. The van der Waals surface area contributed by atoms with Crippen molar-refractivity contribution in [1.29, 1.82) is 0 Å². The highest BCUT2D eigenvalue weighted by Crippen LogP contribution is 2.44. The maximum Gasteiger partial charge on any atom is 0.271 e. The van der Waals surface area contributed by atoms with Gasteiger partial charge in [-0.3, -0.25) is 14.9 Å². The molecule has 3 rings (SSSR count). The Morgan fingerprint density at radius 2 is 2.10 bits per heavy atom. The fourth-order valence-electron chi connectivity index (χ4n) is 3.69. The fourth-order valence-corrected chi connectivity index (χ4v) is 3.90. The molecule has 0 saturated carbocycles. The number of nitrogens with zero attached hydrogens (tertiary/aromatic N) is 3. The standard InChI is InChI=1S/C21H23ClN4O3/c1-13-11-21(2,3)25(4)19-10-18(22)15(9-17(13)19)12-23-24-20(27)14-6-5-7-16(8-14)26(28)29/h5-10,12-13H,11H2,1-4H3,(H,24,27)/b23-12-/t13-/m0/s1. The van der Waals surface area contributed by atoms with Crippen LogP contribution in [0.4, 0.5) is 11.4 Å². The van der Waals surface area contributed by atoms with Gasteiger partial charge in [0.2, 0.25) is 0 Å². The Balaban J connectivity index is 1.80. The van der Waals surface area contributed by atoms with E-state index in [4.69, 9.17) is 11.6 Å². The number of halogens is 1. The number of fused-ring (bicyclic) bond motifs is 1. The summed E-state index contributed by atoms with van der Waals surface area (Å²) < 4.78 is 0. The van der Waals surface area contributed by atoms with Crippen LogP contribution in [0.3, 0.4) is 0 Å². The molecule has 1 aliphatic heterocycles. The molecule has 0 unspecified atom stereocenters. The summed E-state index contributed by atoms with van der Waals surface area (Å²) in [6, 6.07) is 9.40. The summed E-state index contributed by atoms with van der Waals surface area (Å²) in [7, 11) is 2.06. The van der Waals surface area contributed by atoms with Crippen molar-refractivity contribution in [2.45, 2.75) is 38.6 Å². The third-order valence-electron chi connectivity index (χ3n) is 5.44. The van der Waals surface area contributed by atoms with Gasteiger partial charge >= 0.3 is 0 Å². The summed E-state index contributed by atoms with van der Waals surface area (Å²) in [5.41, 5.74) is 5.41. The molecule has 1 amide bonds. The van der Waals surface area contributed by atoms with E-state index in [9.17, 15) is 14.9 Å². The Morgan fingerprint density at radius 1 is 1.38 bits per heavy atom. The quantitative estimate of drug-likeness (QED) is 0.445. The third kappa shape index (κ3) is 4.24. The number of anilines is 1. The summed E-state index contributed by atoms with van der Waals surface area (Å²) in [5, 5.41) is 15.4. The zero-order chi connectivity index (χ0) is 21.3. The van der Waals surface area contributed by atoms with Gasteiger partial charge in [0, 0.05) is 41.5 Å². The fraction of sp³-hybridized carbons (Fsp3) is 0.333. The van der Waals surface area contributed by atoms with E-state index in [0.29, 0.717) is 16.5 Å². The number of carbonyl (C=O) groups is 1. The highest BCUT2D eigenvalue weighted by atomic mass is 35.5. The van der Waals surface area contributed by atoms with E-state index in [-0.39, 0.29) is 16.8 Å². The van der Waals surface area contributed by atoms with E-state index >= 15 is 0 Å². The van der Waals surface area contributed by atoms with Crippen LogP contribution in [0.5, 0.6) is 0 Å².